The number of likely N-dealkylation sites (N-methyl/N-ethyl adjacent to an activating group) is 1. The number of carbonyl (C=O) groups excluding carboxylic acids is 1. The number of nitrogens with zero attached hydrogens (tertiary/aromatic N) is 1. The van der Waals surface area contributed by atoms with E-state index in [1.807, 2.05) is 21.1 Å². The molecule has 5 N–H and O–H groups in total. The van der Waals surface area contributed by atoms with E-state index < -0.39 is 26.6 Å². The number of rotatable bonds is 22. The monoisotopic (exact) mass is 540 g/mol. The third-order valence-electron chi connectivity index (χ3n) is 5.59. The minimum absolute atomic E-state index is 0.0772. The summed E-state index contributed by atoms with van der Waals surface area (Å²) in [4.78, 5) is 28.1. The van der Waals surface area contributed by atoms with Gasteiger partial charge in [-0.3, -0.25) is 9.32 Å². The number of phosphoric ester groups is 1. The molecular weight excluding hydrogens is 485 g/mol. The highest BCUT2D eigenvalue weighted by atomic mass is 31.2. The molecule has 9 nitrogen and oxygen atoms in total. The zero-order valence-electron chi connectivity index (χ0n) is 23.2. The maximum absolute atomic E-state index is 11.5. The number of hydrogen-bond acceptors (Lipinski definition) is 6. The number of carbonyl (C=O) groups is 1. The topological polar surface area (TPSA) is 145 Å². The molecule has 0 rings (SSSR count). The first kappa shape index (κ1) is 37.5. The molecule has 0 saturated carbocycles. The minimum atomic E-state index is -4.26. The Bertz CT molecular complexity index is 589. The molecule has 0 radical (unpaired) electrons. The van der Waals surface area contributed by atoms with Crippen LogP contribution in [0.15, 0.2) is 12.2 Å². The summed E-state index contributed by atoms with van der Waals surface area (Å²) in [6.45, 7) is 2.31. The van der Waals surface area contributed by atoms with Crippen molar-refractivity contribution in [3.8, 4) is 0 Å². The Morgan fingerprint density at radius 2 is 1.33 bits per heavy atom. The highest BCUT2D eigenvalue weighted by Crippen LogP contribution is 2.35. The predicted octanol–water partition coefficient (Wildman–Crippen LogP) is 4.11. The Kier molecular flexibility index (Phi) is 24.5. The van der Waals surface area contributed by atoms with Crippen LogP contribution in [0.4, 0.5) is 0 Å². The summed E-state index contributed by atoms with van der Waals surface area (Å²) >= 11 is 0. The van der Waals surface area contributed by atoms with Gasteiger partial charge in [0.05, 0.1) is 27.7 Å². The lowest BCUT2D eigenvalue weighted by atomic mass is 10.0. The van der Waals surface area contributed by atoms with E-state index in [1.165, 1.54) is 51.4 Å². The molecule has 0 fully saturated rings. The summed E-state index contributed by atoms with van der Waals surface area (Å²) in [6, 6.07) is 0. The molecule has 216 valence electrons. The first-order valence-corrected chi connectivity index (χ1v) is 15.0. The summed E-state index contributed by atoms with van der Waals surface area (Å²) in [5.74, 6) is -0.376. The van der Waals surface area contributed by atoms with Crippen LogP contribution < -0.4 is 0 Å². The average Bonchev–Trinajstić information content (AvgIpc) is 2.79. The van der Waals surface area contributed by atoms with Crippen molar-refractivity contribution in [1.82, 2.24) is 0 Å². The lowest BCUT2D eigenvalue weighted by Gasteiger charge is -2.23. The Morgan fingerprint density at radius 1 is 0.861 bits per heavy atom. The van der Waals surface area contributed by atoms with Crippen molar-refractivity contribution >= 4 is 13.6 Å². The predicted molar refractivity (Wildman–Crippen MR) is 144 cm³/mol. The van der Waals surface area contributed by atoms with Gasteiger partial charge in [0.1, 0.15) is 25.4 Å². The van der Waals surface area contributed by atoms with Crippen molar-refractivity contribution in [1.29, 1.82) is 0 Å². The van der Waals surface area contributed by atoms with E-state index in [0.29, 0.717) is 11.0 Å². The van der Waals surface area contributed by atoms with Crippen molar-refractivity contribution in [3.63, 3.8) is 0 Å². The first-order chi connectivity index (χ1) is 16.8. The molecule has 36 heavy (non-hydrogen) atoms. The van der Waals surface area contributed by atoms with Crippen LogP contribution in [-0.4, -0.2) is 88.5 Å². The maximum atomic E-state index is 11.5. The number of hydrogen-bond donors (Lipinski definition) is 5. The van der Waals surface area contributed by atoms with Gasteiger partial charge in [-0.15, -0.1) is 0 Å². The molecule has 0 saturated heterocycles. The third kappa shape index (κ3) is 29.6. The lowest BCUT2D eigenvalue weighted by molar-refractivity contribution is -0.870. The molecule has 0 aliphatic rings. The van der Waals surface area contributed by atoms with Crippen LogP contribution in [0.2, 0.25) is 0 Å². The summed E-state index contributed by atoms with van der Waals surface area (Å²) in [7, 11) is 1.50. The van der Waals surface area contributed by atoms with Crippen LogP contribution in [0.3, 0.4) is 0 Å². The highest BCUT2D eigenvalue weighted by molar-refractivity contribution is 7.46. The molecule has 0 amide bonds. The Balaban J connectivity index is 0. The molecule has 0 aromatic rings. The van der Waals surface area contributed by atoms with E-state index in [-0.39, 0.29) is 18.8 Å². The molecule has 0 aromatic heterocycles. The van der Waals surface area contributed by atoms with Crippen LogP contribution >= 0.6 is 7.82 Å². The molecule has 0 spiro atoms. The van der Waals surface area contributed by atoms with Gasteiger partial charge in [-0.2, -0.15) is 0 Å². The fourth-order valence-electron chi connectivity index (χ4n) is 3.27. The molecule has 0 aromatic carbocycles. The number of allylic oxidation sites excluding steroid dienone is 2. The highest BCUT2D eigenvalue weighted by Gasteiger charge is 2.22. The van der Waals surface area contributed by atoms with E-state index >= 15 is 0 Å². The molecule has 2 unspecified atom stereocenters. The van der Waals surface area contributed by atoms with E-state index in [4.69, 9.17) is 14.9 Å². The molecule has 10 heteroatoms. The number of ketones is 1. The van der Waals surface area contributed by atoms with E-state index in [1.54, 1.807) is 0 Å². The van der Waals surface area contributed by atoms with Gasteiger partial charge in [-0.25, -0.2) is 4.57 Å². The van der Waals surface area contributed by atoms with E-state index in [2.05, 4.69) is 23.6 Å². The fourth-order valence-corrected chi connectivity index (χ4v) is 3.59. The van der Waals surface area contributed by atoms with E-state index in [0.717, 1.165) is 32.1 Å². The van der Waals surface area contributed by atoms with Gasteiger partial charge >= 0.3 is 7.82 Å². The van der Waals surface area contributed by atoms with E-state index in [9.17, 15) is 19.6 Å². The van der Waals surface area contributed by atoms with Crippen molar-refractivity contribution < 1.29 is 43.5 Å². The van der Waals surface area contributed by atoms with Gasteiger partial charge in [0.2, 0.25) is 0 Å². The van der Waals surface area contributed by atoms with Crippen molar-refractivity contribution in [2.45, 2.75) is 109 Å². The quantitative estimate of drug-likeness (QED) is 0.0597. The number of phosphoric acid groups is 1. The van der Waals surface area contributed by atoms with Gasteiger partial charge < -0.3 is 29.6 Å². The molecule has 0 aliphatic carbocycles. The molecule has 2 atom stereocenters. The fraction of sp³-hybridized carbons (Fsp3) is 0.885. The number of aliphatic hydroxyl groups is 3. The zero-order valence-corrected chi connectivity index (χ0v) is 24.1. The second kappa shape index (κ2) is 23.5. The molecule has 0 aliphatic heterocycles. The van der Waals surface area contributed by atoms with Crippen molar-refractivity contribution in [3.05, 3.63) is 12.2 Å². The summed E-state index contributed by atoms with van der Waals surface area (Å²) in [5, 5.41) is 27.3. The average molecular weight is 541 g/mol. The van der Waals surface area contributed by atoms with Gasteiger partial charge in [0.15, 0.2) is 5.78 Å². The molecular formula is C26H55NO8P+. The Hall–Kier alpha value is -0.640. The van der Waals surface area contributed by atoms with Crippen molar-refractivity contribution in [2.24, 2.45) is 0 Å². The van der Waals surface area contributed by atoms with Crippen LogP contribution in [0, 0.1) is 0 Å². The maximum Gasteiger partial charge on any atom is 0.469 e. The Morgan fingerprint density at radius 3 is 1.78 bits per heavy atom. The van der Waals surface area contributed by atoms with Crippen LogP contribution in [-0.2, 0) is 13.9 Å². The summed E-state index contributed by atoms with van der Waals surface area (Å²) < 4.78 is 15.1. The van der Waals surface area contributed by atoms with Gasteiger partial charge in [-0.05, 0) is 32.1 Å². The third-order valence-corrected chi connectivity index (χ3v) is 6.11. The second-order valence-electron chi connectivity index (χ2n) is 10.3. The second-order valence-corrected chi connectivity index (χ2v) is 11.6. The summed E-state index contributed by atoms with van der Waals surface area (Å²) in [5.41, 5.74) is 0. The SMILES string of the molecule is CCCCCCCC/C=C\CCCCCCCC(=O)C(O)C(O)CO.C[N+](C)(C)CCOP(=O)(O)O. The largest absolute Gasteiger partial charge is 0.469 e. The zero-order chi connectivity index (χ0) is 27.9. The number of aliphatic hydroxyl groups excluding tert-OH is 3. The van der Waals surface area contributed by atoms with Gasteiger partial charge in [0.25, 0.3) is 0 Å². The van der Waals surface area contributed by atoms with Crippen molar-refractivity contribution in [2.75, 3.05) is 40.9 Å². The standard InChI is InChI=1S/C21H40O4.C5H14NO4P/c1-2-3-4-5-6-7-8-9-10-11-12-13-14-15-16-17-19(23)21(25)20(24)18-22;1-6(2,3)4-5-10-11(7,8)9/h9-10,20-22,24-25H,2-8,11-18H2,1H3;4-5H2,1-3H3,(H-,7,8,9)/p+1/b10-9-;. The Labute approximate surface area is 219 Å². The normalized spacial score (nSPS) is 13.9. The molecule has 0 bridgehead atoms. The minimum Gasteiger partial charge on any atom is -0.394 e. The van der Waals surface area contributed by atoms with Crippen LogP contribution in [0.25, 0.3) is 0 Å². The van der Waals surface area contributed by atoms with Gasteiger partial charge in [0, 0.05) is 6.42 Å². The number of quaternary nitrogens is 1. The van der Waals surface area contributed by atoms with Crippen LogP contribution in [0.5, 0.6) is 0 Å². The van der Waals surface area contributed by atoms with Crippen LogP contribution in [0.1, 0.15) is 96.8 Å². The first-order valence-electron chi connectivity index (χ1n) is 13.5. The lowest BCUT2D eigenvalue weighted by Crippen LogP contribution is -2.37. The molecule has 0 heterocycles. The van der Waals surface area contributed by atoms with Gasteiger partial charge in [-0.1, -0.05) is 70.4 Å². The summed E-state index contributed by atoms with van der Waals surface area (Å²) in [6.07, 6.45) is 17.7. The number of Topliss-reactive ketones (excluding diaryl/α,β-unsaturated/α-hetero) is 1. The smallest absolute Gasteiger partial charge is 0.394 e. The number of unbranched alkanes of at least 4 members (excludes halogenated alkanes) is 11.